The van der Waals surface area contributed by atoms with Crippen LogP contribution < -0.4 is 4.90 Å². The van der Waals surface area contributed by atoms with Gasteiger partial charge in [0.1, 0.15) is 5.82 Å². The van der Waals surface area contributed by atoms with E-state index in [4.69, 9.17) is 5.11 Å². The summed E-state index contributed by atoms with van der Waals surface area (Å²) in [6.45, 7) is 0.363. The molecule has 0 aliphatic rings. The molecule has 0 amide bonds. The summed E-state index contributed by atoms with van der Waals surface area (Å²) in [6, 6.07) is 11.4. The van der Waals surface area contributed by atoms with Crippen molar-refractivity contribution < 1.29 is 14.3 Å². The van der Waals surface area contributed by atoms with Gasteiger partial charge in [-0.1, -0.05) is 34.1 Å². The van der Waals surface area contributed by atoms with Crippen molar-refractivity contribution in [3.63, 3.8) is 0 Å². The van der Waals surface area contributed by atoms with Gasteiger partial charge in [0.25, 0.3) is 0 Å². The minimum absolute atomic E-state index is 0.190. The maximum Gasteiger partial charge on any atom is 0.335 e. The minimum atomic E-state index is -0.994. The number of benzene rings is 2. The van der Waals surface area contributed by atoms with E-state index in [-0.39, 0.29) is 11.4 Å². The first-order valence-corrected chi connectivity index (χ1v) is 6.75. The van der Waals surface area contributed by atoms with Gasteiger partial charge in [0.2, 0.25) is 0 Å². The predicted molar refractivity (Wildman–Crippen MR) is 79.6 cm³/mol. The number of carboxylic acid groups (broad SMARTS) is 1. The SMILES string of the molecule is CN(Cc1ccccc1F)c1cc(Br)cc(C(=O)O)c1. The Kier molecular flexibility index (Phi) is 4.39. The van der Waals surface area contributed by atoms with Gasteiger partial charge in [0.05, 0.1) is 5.56 Å². The van der Waals surface area contributed by atoms with Gasteiger partial charge in [-0.05, 0) is 24.3 Å². The van der Waals surface area contributed by atoms with Gasteiger partial charge in [0, 0.05) is 29.3 Å². The van der Waals surface area contributed by atoms with Crippen LogP contribution in [0.25, 0.3) is 0 Å². The predicted octanol–water partition coefficient (Wildman–Crippen LogP) is 3.92. The van der Waals surface area contributed by atoms with E-state index < -0.39 is 5.97 Å². The smallest absolute Gasteiger partial charge is 0.335 e. The van der Waals surface area contributed by atoms with Crippen molar-refractivity contribution in [2.45, 2.75) is 6.54 Å². The summed E-state index contributed by atoms with van der Waals surface area (Å²) in [4.78, 5) is 12.8. The van der Waals surface area contributed by atoms with Gasteiger partial charge in [0.15, 0.2) is 0 Å². The zero-order valence-electron chi connectivity index (χ0n) is 10.8. The second kappa shape index (κ2) is 6.05. The molecule has 0 fully saturated rings. The Morgan fingerprint density at radius 1 is 1.30 bits per heavy atom. The Labute approximate surface area is 124 Å². The average Bonchev–Trinajstić information content (AvgIpc) is 2.40. The van der Waals surface area contributed by atoms with Crippen molar-refractivity contribution in [3.8, 4) is 0 Å². The molecule has 0 saturated carbocycles. The Morgan fingerprint density at radius 2 is 2.00 bits per heavy atom. The third-order valence-corrected chi connectivity index (χ3v) is 3.39. The molecule has 0 atom stereocenters. The molecule has 0 heterocycles. The van der Waals surface area contributed by atoms with Gasteiger partial charge in [-0.15, -0.1) is 0 Å². The number of aromatic carboxylic acids is 1. The maximum absolute atomic E-state index is 13.6. The highest BCUT2D eigenvalue weighted by Crippen LogP contribution is 2.24. The van der Waals surface area contributed by atoms with Crippen LogP contribution in [0.15, 0.2) is 46.9 Å². The maximum atomic E-state index is 13.6. The van der Waals surface area contributed by atoms with E-state index in [1.165, 1.54) is 12.1 Å². The van der Waals surface area contributed by atoms with Crippen molar-refractivity contribution in [3.05, 3.63) is 63.9 Å². The Balaban J connectivity index is 2.27. The van der Waals surface area contributed by atoms with Crippen molar-refractivity contribution in [2.24, 2.45) is 0 Å². The Hall–Kier alpha value is -1.88. The Morgan fingerprint density at radius 3 is 2.65 bits per heavy atom. The summed E-state index contributed by atoms with van der Waals surface area (Å²) < 4.78 is 14.3. The van der Waals surface area contributed by atoms with Crippen molar-refractivity contribution in [1.82, 2.24) is 0 Å². The van der Waals surface area contributed by atoms with Crippen LogP contribution in [0.5, 0.6) is 0 Å². The average molecular weight is 338 g/mol. The molecular weight excluding hydrogens is 325 g/mol. The fraction of sp³-hybridized carbons (Fsp3) is 0.133. The number of carboxylic acids is 1. The summed E-state index contributed by atoms with van der Waals surface area (Å²) >= 11 is 3.29. The molecule has 20 heavy (non-hydrogen) atoms. The normalized spacial score (nSPS) is 10.3. The van der Waals surface area contributed by atoms with Gasteiger partial charge in [-0.25, -0.2) is 9.18 Å². The molecule has 2 rings (SSSR count). The second-order valence-electron chi connectivity index (χ2n) is 4.45. The van der Waals surface area contributed by atoms with E-state index >= 15 is 0 Å². The topological polar surface area (TPSA) is 40.5 Å². The van der Waals surface area contributed by atoms with E-state index in [0.29, 0.717) is 22.3 Å². The summed E-state index contributed by atoms with van der Waals surface area (Å²) in [7, 11) is 1.79. The summed E-state index contributed by atoms with van der Waals surface area (Å²) in [6.07, 6.45) is 0. The number of rotatable bonds is 4. The number of carbonyl (C=O) groups is 1. The largest absolute Gasteiger partial charge is 0.478 e. The molecule has 0 spiro atoms. The second-order valence-corrected chi connectivity index (χ2v) is 5.37. The lowest BCUT2D eigenvalue weighted by Crippen LogP contribution is -2.17. The van der Waals surface area contributed by atoms with E-state index in [2.05, 4.69) is 15.9 Å². The van der Waals surface area contributed by atoms with E-state index in [0.717, 1.165) is 0 Å². The van der Waals surface area contributed by atoms with Crippen LogP contribution in [0, 0.1) is 5.82 Å². The van der Waals surface area contributed by atoms with Crippen LogP contribution in [-0.4, -0.2) is 18.1 Å². The zero-order valence-corrected chi connectivity index (χ0v) is 12.4. The van der Waals surface area contributed by atoms with Crippen LogP contribution in [0.3, 0.4) is 0 Å². The summed E-state index contributed by atoms with van der Waals surface area (Å²) in [5.41, 5.74) is 1.46. The third-order valence-electron chi connectivity index (χ3n) is 2.94. The first-order valence-electron chi connectivity index (χ1n) is 5.96. The minimum Gasteiger partial charge on any atom is -0.478 e. The Bertz CT molecular complexity index is 646. The number of hydrogen-bond donors (Lipinski definition) is 1. The molecule has 0 radical (unpaired) electrons. The lowest BCUT2D eigenvalue weighted by atomic mass is 10.1. The van der Waals surface area contributed by atoms with Crippen molar-refractivity contribution in [2.75, 3.05) is 11.9 Å². The van der Waals surface area contributed by atoms with Gasteiger partial charge < -0.3 is 10.0 Å². The van der Waals surface area contributed by atoms with Crippen LogP contribution in [0.2, 0.25) is 0 Å². The monoisotopic (exact) mass is 337 g/mol. The quantitative estimate of drug-likeness (QED) is 0.919. The third kappa shape index (κ3) is 3.36. The first-order chi connectivity index (χ1) is 9.47. The highest BCUT2D eigenvalue weighted by molar-refractivity contribution is 9.10. The molecule has 1 N–H and O–H groups in total. The van der Waals surface area contributed by atoms with Gasteiger partial charge in [-0.2, -0.15) is 0 Å². The standard InChI is InChI=1S/C15H13BrFNO2/c1-18(9-10-4-2-3-5-14(10)17)13-7-11(15(19)20)6-12(16)8-13/h2-8H,9H2,1H3,(H,19,20). The summed E-state index contributed by atoms with van der Waals surface area (Å²) in [5, 5.41) is 9.05. The lowest BCUT2D eigenvalue weighted by molar-refractivity contribution is 0.0697. The van der Waals surface area contributed by atoms with Crippen molar-refractivity contribution >= 4 is 27.6 Å². The molecule has 0 bridgehead atoms. The molecule has 2 aromatic carbocycles. The molecule has 0 aliphatic carbocycles. The molecule has 0 unspecified atom stereocenters. The highest BCUT2D eigenvalue weighted by Gasteiger charge is 2.10. The molecule has 3 nitrogen and oxygen atoms in total. The number of nitrogens with zero attached hydrogens (tertiary/aromatic N) is 1. The van der Waals surface area contributed by atoms with Gasteiger partial charge >= 0.3 is 5.97 Å². The molecule has 2 aromatic rings. The lowest BCUT2D eigenvalue weighted by Gasteiger charge is -2.20. The molecule has 0 saturated heterocycles. The van der Waals surface area contributed by atoms with Crippen LogP contribution in [0.4, 0.5) is 10.1 Å². The number of halogens is 2. The van der Waals surface area contributed by atoms with E-state index in [1.807, 2.05) is 0 Å². The van der Waals surface area contributed by atoms with E-state index in [9.17, 15) is 9.18 Å². The fourth-order valence-electron chi connectivity index (χ4n) is 1.89. The van der Waals surface area contributed by atoms with Crippen LogP contribution >= 0.6 is 15.9 Å². The fourth-order valence-corrected chi connectivity index (χ4v) is 2.37. The van der Waals surface area contributed by atoms with Crippen LogP contribution in [0.1, 0.15) is 15.9 Å². The molecule has 5 heteroatoms. The summed E-state index contributed by atoms with van der Waals surface area (Å²) in [5.74, 6) is -1.26. The van der Waals surface area contributed by atoms with Crippen LogP contribution in [-0.2, 0) is 6.54 Å². The molecular formula is C15H13BrFNO2. The van der Waals surface area contributed by atoms with E-state index in [1.54, 1.807) is 42.3 Å². The number of anilines is 1. The molecule has 0 aromatic heterocycles. The highest BCUT2D eigenvalue weighted by atomic mass is 79.9. The first kappa shape index (κ1) is 14.5. The zero-order chi connectivity index (χ0) is 14.7. The molecule has 104 valence electrons. The van der Waals surface area contributed by atoms with Crippen molar-refractivity contribution in [1.29, 1.82) is 0 Å². The number of hydrogen-bond acceptors (Lipinski definition) is 2. The molecule has 0 aliphatic heterocycles. The van der Waals surface area contributed by atoms with Gasteiger partial charge in [-0.3, -0.25) is 0 Å².